The number of carbonyl (C=O) groups is 2. The fraction of sp³-hybridized carbons (Fsp3) is 0.286. The van der Waals surface area contributed by atoms with Crippen LogP contribution < -0.4 is 15.0 Å². The number of aromatic nitrogens is 3. The number of anilines is 1. The van der Waals surface area contributed by atoms with Gasteiger partial charge in [-0.05, 0) is 54.3 Å². The molecule has 4 rings (SSSR count). The van der Waals surface area contributed by atoms with Gasteiger partial charge in [0.05, 0.1) is 12.6 Å². The van der Waals surface area contributed by atoms with E-state index in [-0.39, 0.29) is 18.4 Å². The van der Waals surface area contributed by atoms with Gasteiger partial charge in [0.2, 0.25) is 11.8 Å². The Balaban J connectivity index is 1.74. The van der Waals surface area contributed by atoms with E-state index in [4.69, 9.17) is 4.74 Å². The van der Waals surface area contributed by atoms with Gasteiger partial charge >= 0.3 is 0 Å². The lowest BCUT2D eigenvalue weighted by molar-refractivity contribution is -0.127. The monoisotopic (exact) mass is 485 g/mol. The molecule has 186 valence electrons. The minimum atomic E-state index is -0.867. The molecule has 2 amide bonds. The van der Waals surface area contributed by atoms with Gasteiger partial charge in [-0.1, -0.05) is 61.5 Å². The van der Waals surface area contributed by atoms with Gasteiger partial charge in [-0.2, -0.15) is 0 Å². The highest BCUT2D eigenvalue weighted by Gasteiger charge is 2.33. The van der Waals surface area contributed by atoms with Gasteiger partial charge in [0.25, 0.3) is 0 Å². The lowest BCUT2D eigenvalue weighted by atomic mass is 10.0. The number of nitrogens with zero attached hydrogens (tertiary/aromatic N) is 4. The molecule has 0 spiro atoms. The minimum Gasteiger partial charge on any atom is -0.497 e. The van der Waals surface area contributed by atoms with Crippen molar-refractivity contribution in [2.45, 2.75) is 32.9 Å². The van der Waals surface area contributed by atoms with E-state index in [1.54, 1.807) is 36.1 Å². The van der Waals surface area contributed by atoms with Crippen molar-refractivity contribution >= 4 is 28.5 Å². The predicted octanol–water partition coefficient (Wildman–Crippen LogP) is 4.38. The molecule has 0 aliphatic rings. The van der Waals surface area contributed by atoms with Crippen molar-refractivity contribution in [3.63, 3.8) is 0 Å². The van der Waals surface area contributed by atoms with Crippen LogP contribution in [0.15, 0.2) is 78.9 Å². The smallest absolute Gasteiger partial charge is 0.249 e. The van der Waals surface area contributed by atoms with E-state index in [0.717, 1.165) is 11.9 Å². The fourth-order valence-corrected chi connectivity index (χ4v) is 4.05. The van der Waals surface area contributed by atoms with Gasteiger partial charge in [-0.25, -0.2) is 4.68 Å². The molecule has 0 aliphatic heterocycles. The lowest BCUT2D eigenvalue weighted by Gasteiger charge is -2.31. The standard InChI is InChI=1S/C28H31N5O3/c1-20(2)17-18-29-28(35)27(21-9-5-4-6-10-21)33(22-13-15-23(36-3)16-14-22)26(34)19-32-25-12-8-7-11-24(25)30-31-32/h4-16,20,27H,17-19H2,1-3H3,(H,29,35). The van der Waals surface area contributed by atoms with E-state index in [9.17, 15) is 9.59 Å². The second kappa shape index (κ2) is 11.5. The summed E-state index contributed by atoms with van der Waals surface area (Å²) in [6.07, 6.45) is 0.842. The molecule has 0 saturated carbocycles. The molecule has 4 aromatic rings. The summed E-state index contributed by atoms with van der Waals surface area (Å²) in [5.41, 5.74) is 2.75. The van der Waals surface area contributed by atoms with Crippen LogP contribution in [0.2, 0.25) is 0 Å². The molecule has 1 aromatic heterocycles. The van der Waals surface area contributed by atoms with Crippen LogP contribution >= 0.6 is 0 Å². The highest BCUT2D eigenvalue weighted by Crippen LogP contribution is 2.30. The Morgan fingerprint density at radius 2 is 1.67 bits per heavy atom. The summed E-state index contributed by atoms with van der Waals surface area (Å²) in [6, 6.07) is 23.1. The molecule has 3 aromatic carbocycles. The highest BCUT2D eigenvalue weighted by molar-refractivity contribution is 6.01. The fourth-order valence-electron chi connectivity index (χ4n) is 4.05. The zero-order chi connectivity index (χ0) is 25.5. The first-order valence-electron chi connectivity index (χ1n) is 12.0. The number of benzene rings is 3. The zero-order valence-electron chi connectivity index (χ0n) is 20.8. The molecule has 8 nitrogen and oxygen atoms in total. The van der Waals surface area contributed by atoms with Crippen molar-refractivity contribution in [2.75, 3.05) is 18.6 Å². The molecule has 36 heavy (non-hydrogen) atoms. The number of nitrogens with one attached hydrogen (secondary N) is 1. The number of para-hydroxylation sites is 1. The molecule has 1 atom stereocenters. The Morgan fingerprint density at radius 1 is 0.972 bits per heavy atom. The summed E-state index contributed by atoms with van der Waals surface area (Å²) in [5.74, 6) is 0.574. The van der Waals surface area contributed by atoms with Crippen molar-refractivity contribution in [1.82, 2.24) is 20.3 Å². The molecule has 1 N–H and O–H groups in total. The first-order valence-corrected chi connectivity index (χ1v) is 12.0. The van der Waals surface area contributed by atoms with Crippen molar-refractivity contribution < 1.29 is 14.3 Å². The second-order valence-corrected chi connectivity index (χ2v) is 8.98. The molecule has 1 unspecified atom stereocenters. The lowest BCUT2D eigenvalue weighted by Crippen LogP contribution is -2.45. The van der Waals surface area contributed by atoms with Crippen LogP contribution in [-0.2, 0) is 16.1 Å². The highest BCUT2D eigenvalue weighted by atomic mass is 16.5. The molecule has 0 saturated heterocycles. The van der Waals surface area contributed by atoms with Crippen LogP contribution in [0, 0.1) is 5.92 Å². The van der Waals surface area contributed by atoms with Crippen molar-refractivity contribution in [1.29, 1.82) is 0 Å². The topological polar surface area (TPSA) is 89.3 Å². The molecule has 1 heterocycles. The van der Waals surface area contributed by atoms with Gasteiger partial charge in [0, 0.05) is 12.2 Å². The van der Waals surface area contributed by atoms with E-state index in [1.165, 1.54) is 4.90 Å². The van der Waals surface area contributed by atoms with E-state index in [1.807, 2.05) is 54.6 Å². The summed E-state index contributed by atoms with van der Waals surface area (Å²) in [5, 5.41) is 11.4. The van der Waals surface area contributed by atoms with Gasteiger partial charge in [0.15, 0.2) is 0 Å². The number of carbonyl (C=O) groups excluding carboxylic acids is 2. The van der Waals surface area contributed by atoms with E-state index in [2.05, 4.69) is 29.5 Å². The van der Waals surface area contributed by atoms with E-state index >= 15 is 0 Å². The average Bonchev–Trinajstić information content (AvgIpc) is 3.30. The zero-order valence-corrected chi connectivity index (χ0v) is 20.8. The molecular weight excluding hydrogens is 454 g/mol. The quantitative estimate of drug-likeness (QED) is 0.360. The summed E-state index contributed by atoms with van der Waals surface area (Å²) in [7, 11) is 1.59. The molecular formula is C28H31N5O3. The number of rotatable bonds is 10. The van der Waals surface area contributed by atoms with Crippen LogP contribution in [0.4, 0.5) is 5.69 Å². The number of ether oxygens (including phenoxy) is 1. The molecule has 8 heteroatoms. The molecule has 0 bridgehead atoms. The Hall–Kier alpha value is -4.20. The normalized spacial score (nSPS) is 11.9. The summed E-state index contributed by atoms with van der Waals surface area (Å²) in [4.78, 5) is 29.1. The molecule has 0 fully saturated rings. The largest absolute Gasteiger partial charge is 0.497 e. The maximum absolute atomic E-state index is 13.9. The van der Waals surface area contributed by atoms with Crippen LogP contribution in [0.1, 0.15) is 31.9 Å². The number of amides is 2. The number of fused-ring (bicyclic) bond motifs is 1. The van der Waals surface area contributed by atoms with Crippen molar-refractivity contribution in [2.24, 2.45) is 5.92 Å². The number of methoxy groups -OCH3 is 1. The molecule has 0 aliphatic carbocycles. The maximum atomic E-state index is 13.9. The first kappa shape index (κ1) is 24.9. The maximum Gasteiger partial charge on any atom is 0.249 e. The molecule has 0 radical (unpaired) electrons. The summed E-state index contributed by atoms with van der Waals surface area (Å²) < 4.78 is 6.87. The van der Waals surface area contributed by atoms with Gasteiger partial charge in [0.1, 0.15) is 23.9 Å². The Bertz CT molecular complexity index is 1300. The number of hydrogen-bond donors (Lipinski definition) is 1. The van der Waals surface area contributed by atoms with Crippen molar-refractivity contribution in [3.05, 3.63) is 84.4 Å². The average molecular weight is 486 g/mol. The van der Waals surface area contributed by atoms with Crippen LogP contribution in [0.25, 0.3) is 11.0 Å². The van der Waals surface area contributed by atoms with Gasteiger partial charge < -0.3 is 10.1 Å². The van der Waals surface area contributed by atoms with Crippen LogP contribution in [-0.4, -0.2) is 40.5 Å². The van der Waals surface area contributed by atoms with Crippen LogP contribution in [0.3, 0.4) is 0 Å². The SMILES string of the molecule is COc1ccc(N(C(=O)Cn2nnc3ccccc32)C(C(=O)NCCC(C)C)c2ccccc2)cc1. The summed E-state index contributed by atoms with van der Waals surface area (Å²) in [6.45, 7) is 4.67. The van der Waals surface area contributed by atoms with Gasteiger partial charge in [-0.15, -0.1) is 5.10 Å². The van der Waals surface area contributed by atoms with Crippen LogP contribution in [0.5, 0.6) is 5.75 Å². The third kappa shape index (κ3) is 5.71. The Kier molecular flexibility index (Phi) is 7.95. The van der Waals surface area contributed by atoms with Gasteiger partial charge in [-0.3, -0.25) is 14.5 Å². The third-order valence-corrected chi connectivity index (χ3v) is 5.97. The minimum absolute atomic E-state index is 0.0743. The summed E-state index contributed by atoms with van der Waals surface area (Å²) >= 11 is 0. The first-order chi connectivity index (χ1) is 17.5. The van der Waals surface area contributed by atoms with E-state index in [0.29, 0.717) is 35.0 Å². The number of hydrogen-bond acceptors (Lipinski definition) is 5. The van der Waals surface area contributed by atoms with E-state index < -0.39 is 6.04 Å². The second-order valence-electron chi connectivity index (χ2n) is 8.98. The van der Waals surface area contributed by atoms with Crippen molar-refractivity contribution in [3.8, 4) is 5.75 Å². The predicted molar refractivity (Wildman–Crippen MR) is 140 cm³/mol. The Morgan fingerprint density at radius 3 is 2.36 bits per heavy atom. The third-order valence-electron chi connectivity index (χ3n) is 5.97. The Labute approximate surface area is 210 Å².